The second kappa shape index (κ2) is 12.2. The lowest BCUT2D eigenvalue weighted by molar-refractivity contribution is -0.130. The van der Waals surface area contributed by atoms with Gasteiger partial charge < -0.3 is 15.5 Å². The average molecular weight is 480 g/mol. The number of nitrogens with zero attached hydrogens (tertiary/aromatic N) is 1. The minimum atomic E-state index is -0.525. The second-order valence-electron chi connectivity index (χ2n) is 9.97. The van der Waals surface area contributed by atoms with E-state index in [1.54, 1.807) is 6.07 Å². The first-order valence-corrected chi connectivity index (χ1v) is 13.2. The van der Waals surface area contributed by atoms with E-state index in [4.69, 9.17) is 0 Å². The molecule has 2 unspecified atom stereocenters. The standard InChI is InChI=1S/C29H38FN3O2/c1-2-25(22-11-7-4-8-12-22)28(34)32-26(19-21-9-5-3-6-10-21)29(35)31-16-18-33-17-15-23-20-24(30)13-14-27(23)33/h4,7-8,11-14,20-21,25-26H,2-3,5-6,9-10,15-19H2,1H3,(H,31,35)(H,32,34). The number of amides is 2. The summed E-state index contributed by atoms with van der Waals surface area (Å²) in [5.74, 6) is -0.187. The molecule has 1 fully saturated rings. The first kappa shape index (κ1) is 25.2. The number of rotatable bonds is 10. The largest absolute Gasteiger partial charge is 0.369 e. The number of carbonyl (C=O) groups is 2. The van der Waals surface area contributed by atoms with Gasteiger partial charge in [-0.2, -0.15) is 0 Å². The highest BCUT2D eigenvalue weighted by Crippen LogP contribution is 2.29. The quantitative estimate of drug-likeness (QED) is 0.507. The number of halogens is 1. The summed E-state index contributed by atoms with van der Waals surface area (Å²) < 4.78 is 13.5. The number of carbonyl (C=O) groups excluding carboxylic acids is 2. The molecule has 5 nitrogen and oxygen atoms in total. The zero-order valence-electron chi connectivity index (χ0n) is 20.8. The fourth-order valence-corrected chi connectivity index (χ4v) is 5.63. The number of anilines is 1. The van der Waals surface area contributed by atoms with Crippen LogP contribution in [0.15, 0.2) is 48.5 Å². The first-order valence-electron chi connectivity index (χ1n) is 13.2. The molecule has 0 aromatic heterocycles. The molecular weight excluding hydrogens is 441 g/mol. The van der Waals surface area contributed by atoms with Crippen LogP contribution in [0.4, 0.5) is 10.1 Å². The van der Waals surface area contributed by atoms with Crippen LogP contribution in [0, 0.1) is 11.7 Å². The highest BCUT2D eigenvalue weighted by atomic mass is 19.1. The molecule has 2 aromatic rings. The van der Waals surface area contributed by atoms with Crippen molar-refractivity contribution in [3.8, 4) is 0 Å². The van der Waals surface area contributed by atoms with E-state index >= 15 is 0 Å². The Bertz CT molecular complexity index is 991. The Labute approximate surface area is 208 Å². The van der Waals surface area contributed by atoms with Crippen LogP contribution < -0.4 is 15.5 Å². The Morgan fingerprint density at radius 1 is 1.06 bits per heavy atom. The molecule has 188 valence electrons. The van der Waals surface area contributed by atoms with E-state index in [9.17, 15) is 14.0 Å². The Hall–Kier alpha value is -2.89. The lowest BCUT2D eigenvalue weighted by Gasteiger charge is -2.28. The first-order chi connectivity index (χ1) is 17.0. The highest BCUT2D eigenvalue weighted by molar-refractivity contribution is 5.90. The second-order valence-corrected chi connectivity index (χ2v) is 9.97. The topological polar surface area (TPSA) is 61.4 Å². The summed E-state index contributed by atoms with van der Waals surface area (Å²) in [6.07, 6.45) is 8.09. The van der Waals surface area contributed by atoms with Gasteiger partial charge in [0, 0.05) is 25.3 Å². The number of hydrogen-bond acceptors (Lipinski definition) is 3. The van der Waals surface area contributed by atoms with Crippen LogP contribution in [0.25, 0.3) is 0 Å². The van der Waals surface area contributed by atoms with Crippen molar-refractivity contribution in [2.75, 3.05) is 24.5 Å². The van der Waals surface area contributed by atoms with Crippen molar-refractivity contribution >= 4 is 17.5 Å². The van der Waals surface area contributed by atoms with Crippen LogP contribution >= 0.6 is 0 Å². The van der Waals surface area contributed by atoms with Crippen molar-refractivity contribution < 1.29 is 14.0 Å². The lowest BCUT2D eigenvalue weighted by Crippen LogP contribution is -2.50. The summed E-state index contributed by atoms with van der Waals surface area (Å²) in [7, 11) is 0. The summed E-state index contributed by atoms with van der Waals surface area (Å²) in [5, 5.41) is 6.18. The third-order valence-corrected chi connectivity index (χ3v) is 7.57. The monoisotopic (exact) mass is 479 g/mol. The number of hydrogen-bond donors (Lipinski definition) is 2. The molecule has 35 heavy (non-hydrogen) atoms. The van der Waals surface area contributed by atoms with Gasteiger partial charge in [0.05, 0.1) is 5.92 Å². The van der Waals surface area contributed by atoms with E-state index in [1.165, 1.54) is 25.3 Å². The molecule has 6 heteroatoms. The van der Waals surface area contributed by atoms with Crippen molar-refractivity contribution in [3.05, 3.63) is 65.5 Å². The van der Waals surface area contributed by atoms with E-state index in [0.29, 0.717) is 31.8 Å². The number of nitrogens with one attached hydrogen (secondary N) is 2. The summed E-state index contributed by atoms with van der Waals surface area (Å²) in [5.41, 5.74) is 3.04. The van der Waals surface area contributed by atoms with E-state index in [2.05, 4.69) is 15.5 Å². The molecule has 0 saturated heterocycles. The lowest BCUT2D eigenvalue weighted by atomic mass is 9.84. The summed E-state index contributed by atoms with van der Waals surface area (Å²) in [6.45, 7) is 3.98. The number of fused-ring (bicyclic) bond motifs is 1. The maximum Gasteiger partial charge on any atom is 0.242 e. The Morgan fingerprint density at radius 2 is 1.83 bits per heavy atom. The molecule has 0 spiro atoms. The zero-order chi connectivity index (χ0) is 24.6. The van der Waals surface area contributed by atoms with Gasteiger partial charge in [0.1, 0.15) is 11.9 Å². The molecule has 1 saturated carbocycles. The Balaban J connectivity index is 1.37. The predicted octanol–water partition coefficient (Wildman–Crippen LogP) is 4.95. The minimum absolute atomic E-state index is 0.0786. The molecule has 0 bridgehead atoms. The van der Waals surface area contributed by atoms with Gasteiger partial charge >= 0.3 is 0 Å². The van der Waals surface area contributed by atoms with Crippen molar-refractivity contribution in [2.24, 2.45) is 5.92 Å². The molecule has 0 radical (unpaired) electrons. The van der Waals surface area contributed by atoms with Gasteiger partial charge in [0.25, 0.3) is 0 Å². The van der Waals surface area contributed by atoms with Crippen molar-refractivity contribution in [1.29, 1.82) is 0 Å². The molecule has 2 amide bonds. The molecule has 1 aliphatic heterocycles. The molecule has 2 N–H and O–H groups in total. The predicted molar refractivity (Wildman–Crippen MR) is 138 cm³/mol. The fourth-order valence-electron chi connectivity index (χ4n) is 5.63. The van der Waals surface area contributed by atoms with Gasteiger partial charge in [-0.25, -0.2) is 4.39 Å². The van der Waals surface area contributed by atoms with Gasteiger partial charge in [0.15, 0.2) is 0 Å². The van der Waals surface area contributed by atoms with Crippen LogP contribution in [0.3, 0.4) is 0 Å². The highest BCUT2D eigenvalue weighted by Gasteiger charge is 2.29. The maximum absolute atomic E-state index is 13.5. The van der Waals surface area contributed by atoms with E-state index in [0.717, 1.165) is 42.6 Å². The van der Waals surface area contributed by atoms with Crippen LogP contribution in [-0.4, -0.2) is 37.5 Å². The summed E-state index contributed by atoms with van der Waals surface area (Å²) in [6, 6.07) is 14.2. The van der Waals surface area contributed by atoms with Crippen molar-refractivity contribution in [1.82, 2.24) is 10.6 Å². The molecule has 1 aliphatic carbocycles. The average Bonchev–Trinajstić information content (AvgIpc) is 3.27. The van der Waals surface area contributed by atoms with Crippen LogP contribution in [-0.2, 0) is 16.0 Å². The summed E-state index contributed by atoms with van der Waals surface area (Å²) >= 11 is 0. The SMILES string of the molecule is CCC(C(=O)NC(CC1CCCCC1)C(=O)NCCN1CCc2cc(F)ccc21)c1ccccc1. The van der Waals surface area contributed by atoms with Gasteiger partial charge in [-0.15, -0.1) is 0 Å². The summed E-state index contributed by atoms with van der Waals surface area (Å²) in [4.78, 5) is 28.7. The third kappa shape index (κ3) is 6.62. The fraction of sp³-hybridized carbons (Fsp3) is 0.517. The van der Waals surface area contributed by atoms with Gasteiger partial charge in [-0.3, -0.25) is 9.59 Å². The van der Waals surface area contributed by atoms with E-state index in [-0.39, 0.29) is 23.5 Å². The Kier molecular flexibility index (Phi) is 8.78. The molecule has 2 aromatic carbocycles. The van der Waals surface area contributed by atoms with E-state index < -0.39 is 6.04 Å². The number of benzene rings is 2. The normalized spacial score (nSPS) is 17.5. The van der Waals surface area contributed by atoms with Crippen molar-refractivity contribution in [2.45, 2.75) is 70.3 Å². The van der Waals surface area contributed by atoms with E-state index in [1.807, 2.05) is 43.3 Å². The Morgan fingerprint density at radius 3 is 2.57 bits per heavy atom. The third-order valence-electron chi connectivity index (χ3n) is 7.57. The van der Waals surface area contributed by atoms with Crippen LogP contribution in [0.2, 0.25) is 0 Å². The van der Waals surface area contributed by atoms with Gasteiger partial charge in [-0.1, -0.05) is 69.4 Å². The zero-order valence-corrected chi connectivity index (χ0v) is 20.8. The molecule has 2 atom stereocenters. The molecule has 4 rings (SSSR count). The molecule has 2 aliphatic rings. The molecular formula is C29H38FN3O2. The van der Waals surface area contributed by atoms with Gasteiger partial charge in [-0.05, 0) is 54.5 Å². The van der Waals surface area contributed by atoms with Crippen LogP contribution in [0.5, 0.6) is 0 Å². The smallest absolute Gasteiger partial charge is 0.242 e. The van der Waals surface area contributed by atoms with Crippen molar-refractivity contribution in [3.63, 3.8) is 0 Å². The van der Waals surface area contributed by atoms with Gasteiger partial charge in [0.2, 0.25) is 11.8 Å². The van der Waals surface area contributed by atoms with Crippen LogP contribution in [0.1, 0.15) is 68.9 Å². The maximum atomic E-state index is 13.5. The molecule has 1 heterocycles. The minimum Gasteiger partial charge on any atom is -0.369 e.